The van der Waals surface area contributed by atoms with Crippen LogP contribution in [0.15, 0.2) is 42.7 Å². The van der Waals surface area contributed by atoms with Crippen molar-refractivity contribution in [3.8, 4) is 11.1 Å². The number of anilines is 1. The molecule has 0 spiro atoms. The molecule has 0 unspecified atom stereocenters. The molecule has 84 valence electrons. The number of para-hydroxylation sites is 1. The van der Waals surface area contributed by atoms with Crippen LogP contribution >= 0.6 is 11.6 Å². The second-order valence-corrected chi connectivity index (χ2v) is 3.35. The van der Waals surface area contributed by atoms with E-state index >= 15 is 0 Å². The van der Waals surface area contributed by atoms with Gasteiger partial charge in [0.1, 0.15) is 0 Å². The van der Waals surface area contributed by atoms with Gasteiger partial charge >= 0.3 is 0 Å². The molecule has 0 atom stereocenters. The summed E-state index contributed by atoms with van der Waals surface area (Å²) in [5, 5.41) is 0.616. The van der Waals surface area contributed by atoms with Crippen molar-refractivity contribution in [2.75, 3.05) is 5.73 Å². The molecule has 2 N–H and O–H groups in total. The maximum atomic E-state index is 6.01. The van der Waals surface area contributed by atoms with Crippen molar-refractivity contribution in [2.24, 2.45) is 0 Å². The van der Waals surface area contributed by atoms with E-state index in [4.69, 9.17) is 17.3 Å². The standard InChI is InChI=1S/C11H9ClN2.C2H6/c12-10-7-14-6-5-8(10)9-3-1-2-4-11(9)13;1-2/h1-7H,13H2;1-2H3. The van der Waals surface area contributed by atoms with Crippen molar-refractivity contribution in [2.45, 2.75) is 13.8 Å². The zero-order valence-corrected chi connectivity index (χ0v) is 10.2. The van der Waals surface area contributed by atoms with E-state index in [1.54, 1.807) is 12.4 Å². The Morgan fingerprint density at radius 1 is 1.06 bits per heavy atom. The van der Waals surface area contributed by atoms with Gasteiger partial charge in [0.05, 0.1) is 5.02 Å². The third-order valence-corrected chi connectivity index (χ3v) is 2.32. The highest BCUT2D eigenvalue weighted by Gasteiger charge is 2.04. The van der Waals surface area contributed by atoms with E-state index in [2.05, 4.69) is 4.98 Å². The molecule has 0 amide bonds. The smallest absolute Gasteiger partial charge is 0.0668 e. The van der Waals surface area contributed by atoms with Crippen LogP contribution in [0.1, 0.15) is 13.8 Å². The van der Waals surface area contributed by atoms with E-state index in [-0.39, 0.29) is 0 Å². The molecule has 16 heavy (non-hydrogen) atoms. The molecule has 0 radical (unpaired) electrons. The molecule has 1 aromatic heterocycles. The molecule has 1 aromatic carbocycles. The third kappa shape index (κ3) is 2.74. The van der Waals surface area contributed by atoms with Gasteiger partial charge in [-0.1, -0.05) is 43.6 Å². The van der Waals surface area contributed by atoms with Crippen LogP contribution in [0.4, 0.5) is 5.69 Å². The Kier molecular flexibility index (Phi) is 4.80. The maximum absolute atomic E-state index is 6.01. The van der Waals surface area contributed by atoms with Gasteiger partial charge in [0.15, 0.2) is 0 Å². The Morgan fingerprint density at radius 2 is 1.75 bits per heavy atom. The molecular formula is C13H15ClN2. The number of aromatic nitrogens is 1. The highest BCUT2D eigenvalue weighted by atomic mass is 35.5. The normalized spacial score (nSPS) is 9.19. The topological polar surface area (TPSA) is 38.9 Å². The van der Waals surface area contributed by atoms with Crippen LogP contribution in [0.3, 0.4) is 0 Å². The number of benzene rings is 1. The molecule has 1 heterocycles. The summed E-state index contributed by atoms with van der Waals surface area (Å²) in [7, 11) is 0. The predicted molar refractivity (Wildman–Crippen MR) is 70.4 cm³/mol. The molecule has 0 saturated heterocycles. The van der Waals surface area contributed by atoms with E-state index < -0.39 is 0 Å². The number of rotatable bonds is 1. The Morgan fingerprint density at radius 3 is 2.38 bits per heavy atom. The minimum Gasteiger partial charge on any atom is -0.398 e. The van der Waals surface area contributed by atoms with Gasteiger partial charge in [0.25, 0.3) is 0 Å². The first kappa shape index (κ1) is 12.5. The lowest BCUT2D eigenvalue weighted by atomic mass is 10.1. The van der Waals surface area contributed by atoms with Crippen LogP contribution in [-0.2, 0) is 0 Å². The van der Waals surface area contributed by atoms with Crippen molar-refractivity contribution < 1.29 is 0 Å². The molecule has 2 nitrogen and oxygen atoms in total. The molecule has 0 fully saturated rings. The summed E-state index contributed by atoms with van der Waals surface area (Å²) in [4.78, 5) is 3.93. The van der Waals surface area contributed by atoms with Crippen molar-refractivity contribution >= 4 is 17.3 Å². The lowest BCUT2D eigenvalue weighted by molar-refractivity contribution is 1.33. The second kappa shape index (κ2) is 6.13. The first-order chi connectivity index (χ1) is 7.79. The number of nitrogen functional groups attached to an aromatic ring is 1. The fourth-order valence-corrected chi connectivity index (χ4v) is 1.56. The lowest BCUT2D eigenvalue weighted by Crippen LogP contribution is -1.89. The van der Waals surface area contributed by atoms with Gasteiger partial charge in [-0.25, -0.2) is 0 Å². The Bertz CT molecular complexity index is 412. The fraction of sp³-hybridized carbons (Fsp3) is 0.154. The van der Waals surface area contributed by atoms with Crippen LogP contribution < -0.4 is 5.73 Å². The molecule has 0 saturated carbocycles. The molecule has 2 aromatic rings. The third-order valence-electron chi connectivity index (χ3n) is 2.02. The summed E-state index contributed by atoms with van der Waals surface area (Å²) in [6, 6.07) is 9.48. The molecule has 0 bridgehead atoms. The number of halogens is 1. The van der Waals surface area contributed by atoms with Crippen LogP contribution in [-0.4, -0.2) is 4.98 Å². The lowest BCUT2D eigenvalue weighted by Gasteiger charge is -2.06. The largest absolute Gasteiger partial charge is 0.398 e. The SMILES string of the molecule is CC.Nc1ccccc1-c1ccncc1Cl. The van der Waals surface area contributed by atoms with E-state index in [9.17, 15) is 0 Å². The van der Waals surface area contributed by atoms with Crippen molar-refractivity contribution in [3.05, 3.63) is 47.7 Å². The highest BCUT2D eigenvalue weighted by Crippen LogP contribution is 2.30. The van der Waals surface area contributed by atoms with Crippen LogP contribution in [0.2, 0.25) is 5.02 Å². The van der Waals surface area contributed by atoms with Gasteiger partial charge in [-0.05, 0) is 12.1 Å². The van der Waals surface area contributed by atoms with Crippen LogP contribution in [0, 0.1) is 0 Å². The first-order valence-electron chi connectivity index (χ1n) is 5.23. The first-order valence-corrected chi connectivity index (χ1v) is 5.61. The second-order valence-electron chi connectivity index (χ2n) is 2.94. The van der Waals surface area contributed by atoms with Gasteiger partial charge in [-0.15, -0.1) is 0 Å². The van der Waals surface area contributed by atoms with E-state index in [0.29, 0.717) is 5.02 Å². The van der Waals surface area contributed by atoms with Crippen molar-refractivity contribution in [1.82, 2.24) is 4.98 Å². The molecule has 0 aliphatic heterocycles. The molecule has 2 rings (SSSR count). The number of hydrogen-bond donors (Lipinski definition) is 1. The average Bonchev–Trinajstić information content (AvgIpc) is 2.34. The number of pyridine rings is 1. The van der Waals surface area contributed by atoms with Gasteiger partial charge in [0.2, 0.25) is 0 Å². The van der Waals surface area contributed by atoms with Gasteiger partial charge < -0.3 is 5.73 Å². The molecular weight excluding hydrogens is 220 g/mol. The van der Waals surface area contributed by atoms with Gasteiger partial charge in [-0.3, -0.25) is 4.98 Å². The van der Waals surface area contributed by atoms with Gasteiger partial charge in [-0.2, -0.15) is 0 Å². The van der Waals surface area contributed by atoms with E-state index in [0.717, 1.165) is 16.8 Å². The summed E-state index contributed by atoms with van der Waals surface area (Å²) >= 11 is 6.01. The average molecular weight is 235 g/mol. The van der Waals surface area contributed by atoms with Crippen LogP contribution in [0.25, 0.3) is 11.1 Å². The summed E-state index contributed by atoms with van der Waals surface area (Å²) < 4.78 is 0. The van der Waals surface area contributed by atoms with E-state index in [1.165, 1.54) is 0 Å². The minimum atomic E-state index is 0.616. The van der Waals surface area contributed by atoms with Crippen LogP contribution in [0.5, 0.6) is 0 Å². The summed E-state index contributed by atoms with van der Waals surface area (Å²) in [5.74, 6) is 0. The fourth-order valence-electron chi connectivity index (χ4n) is 1.34. The zero-order chi connectivity index (χ0) is 12.0. The van der Waals surface area contributed by atoms with Crippen molar-refractivity contribution in [1.29, 1.82) is 0 Å². The minimum absolute atomic E-state index is 0.616. The number of nitrogens with two attached hydrogens (primary N) is 1. The summed E-state index contributed by atoms with van der Waals surface area (Å²) in [6.45, 7) is 4.00. The zero-order valence-electron chi connectivity index (χ0n) is 9.44. The quantitative estimate of drug-likeness (QED) is 0.758. The van der Waals surface area contributed by atoms with Crippen molar-refractivity contribution in [3.63, 3.8) is 0 Å². The summed E-state index contributed by atoms with van der Waals surface area (Å²) in [6.07, 6.45) is 3.32. The van der Waals surface area contributed by atoms with Gasteiger partial charge in [0, 0.05) is 29.2 Å². The number of hydrogen-bond acceptors (Lipinski definition) is 2. The number of nitrogens with zero attached hydrogens (tertiary/aromatic N) is 1. The predicted octanol–water partition coefficient (Wildman–Crippen LogP) is 4.01. The molecule has 0 aliphatic rings. The maximum Gasteiger partial charge on any atom is 0.0668 e. The van der Waals surface area contributed by atoms with E-state index in [1.807, 2.05) is 44.2 Å². The monoisotopic (exact) mass is 234 g/mol. The molecule has 0 aliphatic carbocycles. The Balaban J connectivity index is 0.000000606. The highest BCUT2D eigenvalue weighted by molar-refractivity contribution is 6.33. The molecule has 3 heteroatoms. The summed E-state index contributed by atoms with van der Waals surface area (Å²) in [5.41, 5.74) is 8.43. The Hall–Kier alpha value is -1.54. The Labute approximate surface area is 101 Å².